The summed E-state index contributed by atoms with van der Waals surface area (Å²) in [5, 5.41) is 21.2. The van der Waals surface area contributed by atoms with Gasteiger partial charge in [0, 0.05) is 11.3 Å². The maximum absolute atomic E-state index is 13.7. The van der Waals surface area contributed by atoms with E-state index in [1.165, 1.54) is 30.3 Å². The molecule has 11 heteroatoms. The molecule has 0 atom stereocenters. The lowest BCUT2D eigenvalue weighted by Crippen LogP contribution is -2.23. The summed E-state index contributed by atoms with van der Waals surface area (Å²) >= 11 is 0. The normalized spacial score (nSPS) is 12.2. The average Bonchev–Trinajstić information content (AvgIpc) is 2.86. The first-order chi connectivity index (χ1) is 18.6. The van der Waals surface area contributed by atoms with E-state index in [4.69, 9.17) is 10.5 Å². The monoisotopic (exact) mass is 553 g/mol. The number of alkyl halides is 2. The van der Waals surface area contributed by atoms with E-state index in [0.717, 1.165) is 0 Å². The van der Waals surface area contributed by atoms with Gasteiger partial charge in [0.15, 0.2) is 0 Å². The van der Waals surface area contributed by atoms with Crippen molar-refractivity contribution in [3.8, 4) is 28.3 Å². The van der Waals surface area contributed by atoms with Gasteiger partial charge in [-0.25, -0.2) is 18.2 Å². The minimum absolute atomic E-state index is 0.0297. The molecular formula is C29H30F3N5O3. The molecule has 0 aliphatic heterocycles. The number of nitrogens with two attached hydrogens (primary N) is 1. The van der Waals surface area contributed by atoms with Crippen LogP contribution in [0.25, 0.3) is 22.4 Å². The SMILES string of the molecule is Cc1cc(-c2c(OCc3cc(C(C)(C)O)cc(C(C)(C)O)n3)nc(N)nc2-c2ccc(F)cc2)cc(C(F)F)n1. The Kier molecular flexibility index (Phi) is 7.82. The third kappa shape index (κ3) is 6.54. The fraction of sp³-hybridized carbons (Fsp3) is 0.310. The van der Waals surface area contributed by atoms with Gasteiger partial charge in [0.2, 0.25) is 11.8 Å². The number of aromatic nitrogens is 4. The summed E-state index contributed by atoms with van der Waals surface area (Å²) in [7, 11) is 0. The van der Waals surface area contributed by atoms with Crippen LogP contribution in [0, 0.1) is 12.7 Å². The van der Waals surface area contributed by atoms with Gasteiger partial charge in [-0.15, -0.1) is 0 Å². The second-order valence-corrected chi connectivity index (χ2v) is 10.5. The van der Waals surface area contributed by atoms with Gasteiger partial charge < -0.3 is 20.7 Å². The molecule has 0 spiro atoms. The molecule has 0 unspecified atom stereocenters. The molecule has 0 fully saturated rings. The number of nitrogens with zero attached hydrogens (tertiary/aromatic N) is 4. The van der Waals surface area contributed by atoms with Crippen LogP contribution in [0.5, 0.6) is 5.88 Å². The Labute approximate surface area is 229 Å². The average molecular weight is 554 g/mol. The summed E-state index contributed by atoms with van der Waals surface area (Å²) in [6.45, 7) is 7.75. The molecule has 4 N–H and O–H groups in total. The van der Waals surface area contributed by atoms with Crippen molar-refractivity contribution in [1.82, 2.24) is 19.9 Å². The Balaban J connectivity index is 1.88. The molecule has 0 amide bonds. The standard InChI is InChI=1S/C29H30F3N5O3/c1-15-10-17(11-21(34-15)25(31)32)23-24(16-6-8-19(30)9-7-16)36-27(33)37-26(23)40-14-20-12-18(28(2,3)38)13-22(35-20)29(4,5)39/h6-13,25,38-39H,14H2,1-5H3,(H2,33,36,37). The van der Waals surface area contributed by atoms with E-state index < -0.39 is 29.1 Å². The van der Waals surface area contributed by atoms with Crippen molar-refractivity contribution in [1.29, 1.82) is 0 Å². The molecule has 0 saturated carbocycles. The Morgan fingerprint density at radius 3 is 2.15 bits per heavy atom. The van der Waals surface area contributed by atoms with Gasteiger partial charge in [0.25, 0.3) is 6.43 Å². The molecule has 40 heavy (non-hydrogen) atoms. The van der Waals surface area contributed by atoms with Crippen LogP contribution in [-0.4, -0.2) is 30.1 Å². The van der Waals surface area contributed by atoms with Crippen LogP contribution in [0.1, 0.15) is 62.5 Å². The van der Waals surface area contributed by atoms with Gasteiger partial charge in [0.05, 0.1) is 28.2 Å². The summed E-state index contributed by atoms with van der Waals surface area (Å²) in [4.78, 5) is 17.0. The van der Waals surface area contributed by atoms with E-state index in [1.54, 1.807) is 52.8 Å². The zero-order chi connectivity index (χ0) is 29.4. The minimum Gasteiger partial charge on any atom is -0.471 e. The number of benzene rings is 1. The molecule has 1 aromatic carbocycles. The van der Waals surface area contributed by atoms with Crippen molar-refractivity contribution in [3.05, 3.63) is 82.7 Å². The van der Waals surface area contributed by atoms with E-state index in [0.29, 0.717) is 33.8 Å². The number of halogens is 3. The summed E-state index contributed by atoms with van der Waals surface area (Å²) < 4.78 is 47.1. The van der Waals surface area contributed by atoms with Crippen LogP contribution in [0.15, 0.2) is 48.5 Å². The minimum atomic E-state index is -2.83. The number of rotatable bonds is 8. The van der Waals surface area contributed by atoms with Crippen molar-refractivity contribution < 1.29 is 28.1 Å². The van der Waals surface area contributed by atoms with E-state index in [2.05, 4.69) is 19.9 Å². The maximum atomic E-state index is 13.7. The lowest BCUT2D eigenvalue weighted by Gasteiger charge is -2.24. The number of ether oxygens (including phenoxy) is 1. The topological polar surface area (TPSA) is 127 Å². The summed E-state index contributed by atoms with van der Waals surface area (Å²) in [5.74, 6) is -0.657. The smallest absolute Gasteiger partial charge is 0.280 e. The Morgan fingerprint density at radius 2 is 1.55 bits per heavy atom. The van der Waals surface area contributed by atoms with E-state index in [1.807, 2.05) is 0 Å². The molecule has 0 bridgehead atoms. The number of aliphatic hydroxyl groups is 2. The van der Waals surface area contributed by atoms with E-state index >= 15 is 0 Å². The summed E-state index contributed by atoms with van der Waals surface area (Å²) in [6, 6.07) is 11.5. The molecule has 8 nitrogen and oxygen atoms in total. The highest BCUT2D eigenvalue weighted by Gasteiger charge is 2.26. The maximum Gasteiger partial charge on any atom is 0.280 e. The molecule has 4 aromatic rings. The fourth-order valence-corrected chi connectivity index (χ4v) is 4.06. The predicted molar refractivity (Wildman–Crippen MR) is 144 cm³/mol. The second kappa shape index (κ2) is 10.8. The first-order valence-electron chi connectivity index (χ1n) is 12.4. The van der Waals surface area contributed by atoms with Gasteiger partial charge in [-0.1, -0.05) is 0 Å². The quantitative estimate of drug-likeness (QED) is 0.257. The van der Waals surface area contributed by atoms with Gasteiger partial charge >= 0.3 is 0 Å². The van der Waals surface area contributed by atoms with Crippen molar-refractivity contribution in [2.24, 2.45) is 0 Å². The van der Waals surface area contributed by atoms with Crippen molar-refractivity contribution in [2.75, 3.05) is 5.73 Å². The Bertz CT molecular complexity index is 1500. The van der Waals surface area contributed by atoms with Crippen LogP contribution < -0.4 is 10.5 Å². The molecule has 3 aromatic heterocycles. The van der Waals surface area contributed by atoms with Crippen LogP contribution >= 0.6 is 0 Å². The molecule has 3 heterocycles. The molecular weight excluding hydrogens is 523 g/mol. The lowest BCUT2D eigenvalue weighted by atomic mass is 9.94. The first kappa shape index (κ1) is 28.9. The van der Waals surface area contributed by atoms with Crippen LogP contribution in [0.4, 0.5) is 19.1 Å². The molecule has 4 rings (SSSR count). The number of hydrogen-bond acceptors (Lipinski definition) is 8. The second-order valence-electron chi connectivity index (χ2n) is 10.5. The Hall–Kier alpha value is -4.09. The number of aryl methyl sites for hydroxylation is 1. The molecule has 0 radical (unpaired) electrons. The van der Waals surface area contributed by atoms with Gasteiger partial charge in [-0.3, -0.25) is 9.97 Å². The first-order valence-corrected chi connectivity index (χ1v) is 12.4. The summed E-state index contributed by atoms with van der Waals surface area (Å²) in [6.07, 6.45) is -2.83. The van der Waals surface area contributed by atoms with Crippen molar-refractivity contribution in [2.45, 2.75) is 58.9 Å². The van der Waals surface area contributed by atoms with Gasteiger partial charge in [0.1, 0.15) is 23.7 Å². The number of nitrogen functional groups attached to an aromatic ring is 1. The largest absolute Gasteiger partial charge is 0.471 e. The molecule has 210 valence electrons. The number of anilines is 1. The predicted octanol–water partition coefficient (Wildman–Crippen LogP) is 5.60. The van der Waals surface area contributed by atoms with E-state index in [-0.39, 0.29) is 29.7 Å². The zero-order valence-corrected chi connectivity index (χ0v) is 22.7. The number of hydrogen-bond donors (Lipinski definition) is 3. The molecule has 0 aliphatic rings. The highest BCUT2D eigenvalue weighted by atomic mass is 19.3. The van der Waals surface area contributed by atoms with Gasteiger partial charge in [-0.05, 0) is 94.3 Å². The van der Waals surface area contributed by atoms with Crippen LogP contribution in [-0.2, 0) is 17.8 Å². The summed E-state index contributed by atoms with van der Waals surface area (Å²) in [5.41, 5.74) is 5.77. The zero-order valence-electron chi connectivity index (χ0n) is 22.7. The van der Waals surface area contributed by atoms with Crippen LogP contribution in [0.3, 0.4) is 0 Å². The van der Waals surface area contributed by atoms with E-state index in [9.17, 15) is 23.4 Å². The molecule has 0 aliphatic carbocycles. The Morgan fingerprint density at radius 1 is 0.875 bits per heavy atom. The van der Waals surface area contributed by atoms with Gasteiger partial charge in [-0.2, -0.15) is 4.98 Å². The van der Waals surface area contributed by atoms with Crippen molar-refractivity contribution >= 4 is 5.95 Å². The number of pyridine rings is 2. The van der Waals surface area contributed by atoms with Crippen molar-refractivity contribution in [3.63, 3.8) is 0 Å². The highest BCUT2D eigenvalue weighted by molar-refractivity contribution is 5.85. The highest BCUT2D eigenvalue weighted by Crippen LogP contribution is 2.39. The van der Waals surface area contributed by atoms with Crippen LogP contribution in [0.2, 0.25) is 0 Å². The molecule has 0 saturated heterocycles. The third-order valence-electron chi connectivity index (χ3n) is 6.06. The third-order valence-corrected chi connectivity index (χ3v) is 6.06. The fourth-order valence-electron chi connectivity index (χ4n) is 4.06. The lowest BCUT2D eigenvalue weighted by molar-refractivity contribution is 0.0677.